The van der Waals surface area contributed by atoms with E-state index in [2.05, 4.69) is 10.6 Å². The Morgan fingerprint density at radius 3 is 2.39 bits per heavy atom. The molecule has 2 aromatic carbocycles. The Balaban J connectivity index is 0.000000208. The van der Waals surface area contributed by atoms with Crippen LogP contribution in [-0.2, 0) is 34.0 Å². The van der Waals surface area contributed by atoms with Crippen LogP contribution in [-0.4, -0.2) is 55.5 Å². The van der Waals surface area contributed by atoms with Crippen molar-refractivity contribution >= 4 is 46.7 Å². The highest BCUT2D eigenvalue weighted by atomic mass is 35.5. The number of primary amides is 1. The van der Waals surface area contributed by atoms with Gasteiger partial charge in [0.25, 0.3) is 0 Å². The first-order valence-electron chi connectivity index (χ1n) is 16.2. The zero-order valence-corrected chi connectivity index (χ0v) is 27.1. The predicted molar refractivity (Wildman–Crippen MR) is 171 cm³/mol. The molecule has 0 radical (unpaired) electrons. The molecule has 3 atom stereocenters. The minimum absolute atomic E-state index is 0.0600. The molecular formula is C34H40Cl2FN3O6. The summed E-state index contributed by atoms with van der Waals surface area (Å²) in [5.41, 5.74) is 5.38. The van der Waals surface area contributed by atoms with Crippen LogP contribution >= 0.6 is 23.2 Å². The molecule has 4 fully saturated rings. The molecule has 46 heavy (non-hydrogen) atoms. The van der Waals surface area contributed by atoms with Gasteiger partial charge in [-0.25, -0.2) is 4.39 Å². The molecule has 3 aliphatic heterocycles. The lowest BCUT2D eigenvalue weighted by Gasteiger charge is -2.47. The molecule has 12 heteroatoms. The molecule has 0 bridgehead atoms. The van der Waals surface area contributed by atoms with Crippen LogP contribution in [0.1, 0.15) is 81.3 Å². The maximum absolute atomic E-state index is 15.4. The molecular weight excluding hydrogens is 636 g/mol. The van der Waals surface area contributed by atoms with E-state index in [0.717, 1.165) is 44.9 Å². The zero-order chi connectivity index (χ0) is 32.5. The molecule has 7 rings (SSSR count). The minimum Gasteiger partial charge on any atom is -0.460 e. The van der Waals surface area contributed by atoms with E-state index in [9.17, 15) is 14.4 Å². The number of nitrogens with two attached hydrogens (primary N) is 1. The summed E-state index contributed by atoms with van der Waals surface area (Å²) in [5, 5.41) is 6.83. The zero-order valence-electron chi connectivity index (χ0n) is 25.6. The van der Waals surface area contributed by atoms with E-state index in [4.69, 9.17) is 43.1 Å². The van der Waals surface area contributed by atoms with Gasteiger partial charge < -0.3 is 25.3 Å². The van der Waals surface area contributed by atoms with Gasteiger partial charge in [-0.05, 0) is 55.0 Å². The Kier molecular flexibility index (Phi) is 9.92. The number of rotatable bonds is 5. The lowest BCUT2D eigenvalue weighted by molar-refractivity contribution is -0.161. The van der Waals surface area contributed by atoms with Gasteiger partial charge in [0.2, 0.25) is 11.8 Å². The molecule has 3 heterocycles. The maximum atomic E-state index is 15.4. The number of nitrogens with one attached hydrogen (secondary N) is 2. The number of carbonyl (C=O) groups excluding carboxylic acids is 3. The quantitative estimate of drug-likeness (QED) is 0.344. The van der Waals surface area contributed by atoms with Gasteiger partial charge in [-0.3, -0.25) is 19.7 Å². The summed E-state index contributed by atoms with van der Waals surface area (Å²) in [5.74, 6) is -2.35. The Bertz CT molecular complexity index is 1470. The number of fused-ring (bicyclic) bond motifs is 3. The summed E-state index contributed by atoms with van der Waals surface area (Å²) in [7, 11) is 0. The molecule has 0 unspecified atom stereocenters. The summed E-state index contributed by atoms with van der Waals surface area (Å²) in [6, 6.07) is 8.98. The van der Waals surface area contributed by atoms with Crippen LogP contribution in [0.15, 0.2) is 36.4 Å². The number of ether oxygens (including phenoxy) is 3. The molecule has 5 aliphatic rings. The van der Waals surface area contributed by atoms with E-state index in [-0.39, 0.29) is 41.3 Å². The van der Waals surface area contributed by atoms with Crippen molar-refractivity contribution < 1.29 is 33.0 Å². The second-order valence-electron chi connectivity index (χ2n) is 12.9. The van der Waals surface area contributed by atoms with E-state index < -0.39 is 34.6 Å². The van der Waals surface area contributed by atoms with E-state index in [1.54, 1.807) is 24.3 Å². The fourth-order valence-corrected chi connectivity index (χ4v) is 8.70. The lowest BCUT2D eigenvalue weighted by atomic mass is 9.55. The van der Waals surface area contributed by atoms with Gasteiger partial charge in [0.15, 0.2) is 6.29 Å². The highest BCUT2D eigenvalue weighted by molar-refractivity contribution is 6.31. The van der Waals surface area contributed by atoms with Crippen LogP contribution in [0, 0.1) is 11.7 Å². The van der Waals surface area contributed by atoms with Crippen LogP contribution in [0.2, 0.25) is 10.0 Å². The van der Waals surface area contributed by atoms with Gasteiger partial charge in [0.05, 0.1) is 30.2 Å². The minimum atomic E-state index is -1.22. The molecule has 2 aromatic rings. The number of halogens is 3. The van der Waals surface area contributed by atoms with E-state index >= 15 is 4.39 Å². The third-order valence-electron chi connectivity index (χ3n) is 10.3. The predicted octanol–water partition coefficient (Wildman–Crippen LogP) is 5.75. The third kappa shape index (κ3) is 5.92. The number of benzene rings is 2. The van der Waals surface area contributed by atoms with Gasteiger partial charge in [0, 0.05) is 22.2 Å². The van der Waals surface area contributed by atoms with Crippen LogP contribution in [0.5, 0.6) is 0 Å². The first-order valence-corrected chi connectivity index (χ1v) is 17.0. The second kappa shape index (κ2) is 13.8. The molecule has 9 nitrogen and oxygen atoms in total. The largest absolute Gasteiger partial charge is 0.460 e. The van der Waals surface area contributed by atoms with Crippen molar-refractivity contribution in [1.29, 1.82) is 0 Å². The number of carbonyl (C=O) groups is 3. The van der Waals surface area contributed by atoms with Crippen LogP contribution in [0.25, 0.3) is 0 Å². The number of amides is 2. The van der Waals surface area contributed by atoms with Crippen molar-refractivity contribution in [3.05, 3.63) is 63.4 Å². The topological polar surface area (TPSA) is 129 Å². The first kappa shape index (κ1) is 33.2. The van der Waals surface area contributed by atoms with Crippen LogP contribution in [0.4, 0.5) is 10.1 Å². The number of esters is 1. The molecule has 0 aromatic heterocycles. The van der Waals surface area contributed by atoms with Crippen molar-refractivity contribution in [2.45, 2.75) is 93.4 Å². The SMILES string of the molecule is NC(=O)[C@@H]1NC2(CCCCC2)[C@@]2(C(=O)Nc3cc(Cl)ccc32)[C@H]1c1cccc(Cl)c1F.O=C(OCC1OCCO1)C1CCCCC1. The molecule has 2 saturated carbocycles. The Labute approximate surface area is 278 Å². The number of hydrogen-bond donors (Lipinski definition) is 3. The second-order valence-corrected chi connectivity index (χ2v) is 13.7. The van der Waals surface area contributed by atoms with Crippen molar-refractivity contribution in [2.24, 2.45) is 11.7 Å². The highest BCUT2D eigenvalue weighted by Crippen LogP contribution is 2.62. The van der Waals surface area contributed by atoms with Crippen molar-refractivity contribution in [2.75, 3.05) is 25.1 Å². The normalized spacial score (nSPS) is 27.2. The maximum Gasteiger partial charge on any atom is 0.309 e. The van der Waals surface area contributed by atoms with E-state index in [1.807, 2.05) is 6.07 Å². The van der Waals surface area contributed by atoms with Gasteiger partial charge in [-0.15, -0.1) is 0 Å². The summed E-state index contributed by atoms with van der Waals surface area (Å²) in [4.78, 5) is 38.2. The van der Waals surface area contributed by atoms with Crippen LogP contribution in [0.3, 0.4) is 0 Å². The van der Waals surface area contributed by atoms with E-state index in [1.165, 1.54) is 12.5 Å². The summed E-state index contributed by atoms with van der Waals surface area (Å²) in [6.07, 6.45) is 9.32. The van der Waals surface area contributed by atoms with Crippen molar-refractivity contribution in [3.63, 3.8) is 0 Å². The summed E-state index contributed by atoms with van der Waals surface area (Å²) < 4.78 is 30.9. The fourth-order valence-electron chi connectivity index (χ4n) is 8.35. The average Bonchev–Trinajstić information content (AvgIpc) is 3.75. The summed E-state index contributed by atoms with van der Waals surface area (Å²) in [6.45, 7) is 1.45. The molecule has 2 aliphatic carbocycles. The smallest absolute Gasteiger partial charge is 0.309 e. The number of hydrogen-bond acceptors (Lipinski definition) is 7. The highest BCUT2D eigenvalue weighted by Gasteiger charge is 2.72. The van der Waals surface area contributed by atoms with Crippen LogP contribution < -0.4 is 16.4 Å². The summed E-state index contributed by atoms with van der Waals surface area (Å²) >= 11 is 12.3. The first-order chi connectivity index (χ1) is 22.2. The van der Waals surface area contributed by atoms with Gasteiger partial charge in [-0.2, -0.15) is 0 Å². The third-order valence-corrected chi connectivity index (χ3v) is 10.8. The average molecular weight is 677 g/mol. The lowest BCUT2D eigenvalue weighted by Crippen LogP contribution is -2.60. The van der Waals surface area contributed by atoms with Gasteiger partial charge in [0.1, 0.15) is 17.8 Å². The molecule has 2 amide bonds. The molecule has 2 spiro atoms. The molecule has 4 N–H and O–H groups in total. The number of anilines is 1. The Morgan fingerprint density at radius 1 is 1.00 bits per heavy atom. The van der Waals surface area contributed by atoms with Gasteiger partial charge in [-0.1, -0.05) is 79.9 Å². The van der Waals surface area contributed by atoms with Crippen molar-refractivity contribution in [1.82, 2.24) is 5.32 Å². The molecule has 2 saturated heterocycles. The Morgan fingerprint density at radius 2 is 1.70 bits per heavy atom. The monoisotopic (exact) mass is 675 g/mol. The van der Waals surface area contributed by atoms with Gasteiger partial charge >= 0.3 is 5.97 Å². The van der Waals surface area contributed by atoms with Crippen molar-refractivity contribution in [3.8, 4) is 0 Å². The Hall–Kier alpha value is -2.76. The van der Waals surface area contributed by atoms with E-state index in [0.29, 0.717) is 42.3 Å². The standard InChI is InChI=1S/C23H22Cl2FN3O2.C11H18O4/c24-12-7-8-14-16(11-12)28-21(31)23(14)17(13-5-4-6-15(25)18(13)26)19(20(27)30)29-22(23)9-2-1-3-10-22;12-11(9-4-2-1-3-5-9)15-8-10-13-6-7-14-10/h4-8,11,17,19,29H,1-3,9-10H2,(H2,27,30)(H,28,31);9-10H,1-8H2/t17-,19+,23+;/m0./s1. The fraction of sp³-hybridized carbons (Fsp3) is 0.559. The molecule has 248 valence electrons.